The van der Waals surface area contributed by atoms with Crippen molar-refractivity contribution in [3.8, 4) is 5.75 Å². The van der Waals surface area contributed by atoms with E-state index in [1.807, 2.05) is 0 Å². The van der Waals surface area contributed by atoms with Crippen molar-refractivity contribution >= 4 is 39.3 Å². The van der Waals surface area contributed by atoms with Gasteiger partial charge >= 0.3 is 0 Å². The van der Waals surface area contributed by atoms with Crippen LogP contribution in [-0.2, 0) is 4.79 Å². The largest absolute Gasteiger partial charge is 0.484 e. The lowest BCUT2D eigenvalue weighted by molar-refractivity contribution is -0.123. The van der Waals surface area contributed by atoms with E-state index in [9.17, 15) is 9.59 Å². The Morgan fingerprint density at radius 2 is 1.82 bits per heavy atom. The summed E-state index contributed by atoms with van der Waals surface area (Å²) >= 11 is 9.09. The number of hydrazine groups is 1. The van der Waals surface area contributed by atoms with E-state index >= 15 is 0 Å². The number of benzene rings is 2. The molecule has 2 rings (SSSR count). The Balaban J connectivity index is 1.78. The van der Waals surface area contributed by atoms with Crippen molar-refractivity contribution in [1.82, 2.24) is 10.9 Å². The van der Waals surface area contributed by atoms with E-state index in [0.717, 1.165) is 4.47 Å². The quantitative estimate of drug-likeness (QED) is 0.798. The molecule has 0 atom stereocenters. The standard InChI is InChI=1S/C15H12BrClN2O3/c16-11-4-6-13(7-5-11)22-9-14(20)18-19-15(21)10-2-1-3-12(17)8-10/h1-8H,9H2,(H,18,20)(H,19,21). The Kier molecular flexibility index (Phi) is 5.80. The van der Waals surface area contributed by atoms with Crippen LogP contribution in [-0.4, -0.2) is 18.4 Å². The van der Waals surface area contributed by atoms with Crippen molar-refractivity contribution in [2.75, 3.05) is 6.61 Å². The number of amides is 2. The molecule has 2 aromatic rings. The molecule has 0 heterocycles. The average molecular weight is 384 g/mol. The second-order valence-electron chi connectivity index (χ2n) is 4.26. The Morgan fingerprint density at radius 3 is 2.50 bits per heavy atom. The van der Waals surface area contributed by atoms with Crippen LogP contribution in [0.15, 0.2) is 53.0 Å². The summed E-state index contributed by atoms with van der Waals surface area (Å²) in [5, 5.41) is 0.442. The van der Waals surface area contributed by atoms with Crippen LogP contribution in [0.1, 0.15) is 10.4 Å². The molecule has 0 saturated heterocycles. The molecule has 0 aromatic heterocycles. The number of rotatable bonds is 4. The number of nitrogens with one attached hydrogen (secondary N) is 2. The number of hydrogen-bond acceptors (Lipinski definition) is 3. The molecule has 2 N–H and O–H groups in total. The normalized spacial score (nSPS) is 9.91. The molecule has 5 nitrogen and oxygen atoms in total. The molecule has 0 radical (unpaired) electrons. The van der Waals surface area contributed by atoms with Gasteiger partial charge in [-0.05, 0) is 42.5 Å². The zero-order valence-electron chi connectivity index (χ0n) is 11.3. The van der Waals surface area contributed by atoms with E-state index in [-0.39, 0.29) is 6.61 Å². The van der Waals surface area contributed by atoms with Crippen molar-refractivity contribution in [3.63, 3.8) is 0 Å². The average Bonchev–Trinajstić information content (AvgIpc) is 2.52. The highest BCUT2D eigenvalue weighted by molar-refractivity contribution is 9.10. The summed E-state index contributed by atoms with van der Waals surface area (Å²) in [6, 6.07) is 13.4. The summed E-state index contributed by atoms with van der Waals surface area (Å²) in [4.78, 5) is 23.4. The van der Waals surface area contributed by atoms with Gasteiger partial charge in [-0.15, -0.1) is 0 Å². The number of hydrogen-bond donors (Lipinski definition) is 2. The predicted molar refractivity (Wildman–Crippen MR) is 86.7 cm³/mol. The molecule has 114 valence electrons. The number of carbonyl (C=O) groups is 2. The van der Waals surface area contributed by atoms with Gasteiger partial charge in [0.1, 0.15) is 5.75 Å². The van der Waals surface area contributed by atoms with Crippen molar-refractivity contribution in [1.29, 1.82) is 0 Å². The minimum Gasteiger partial charge on any atom is -0.484 e. The molecule has 0 unspecified atom stereocenters. The lowest BCUT2D eigenvalue weighted by atomic mass is 10.2. The van der Waals surface area contributed by atoms with E-state index in [1.54, 1.807) is 42.5 Å². The van der Waals surface area contributed by atoms with Crippen LogP contribution in [0.25, 0.3) is 0 Å². The van der Waals surface area contributed by atoms with Gasteiger partial charge in [0.25, 0.3) is 11.8 Å². The van der Waals surface area contributed by atoms with Crippen LogP contribution < -0.4 is 15.6 Å². The Morgan fingerprint density at radius 1 is 1.09 bits per heavy atom. The molecule has 0 fully saturated rings. The highest BCUT2D eigenvalue weighted by Gasteiger charge is 2.08. The Bertz CT molecular complexity index is 677. The molecular formula is C15H12BrClN2O3. The van der Waals surface area contributed by atoms with Gasteiger partial charge in [-0.25, -0.2) is 0 Å². The molecule has 0 spiro atoms. The molecule has 0 aliphatic heterocycles. The molecule has 7 heteroatoms. The van der Waals surface area contributed by atoms with E-state index in [0.29, 0.717) is 16.3 Å². The number of carbonyl (C=O) groups excluding carboxylic acids is 2. The van der Waals surface area contributed by atoms with Gasteiger partial charge in [0.15, 0.2) is 6.61 Å². The first-order chi connectivity index (χ1) is 10.5. The lowest BCUT2D eigenvalue weighted by Crippen LogP contribution is -2.43. The van der Waals surface area contributed by atoms with Gasteiger partial charge < -0.3 is 4.74 Å². The maximum absolute atomic E-state index is 11.8. The molecule has 0 bridgehead atoms. The minimum absolute atomic E-state index is 0.211. The van der Waals surface area contributed by atoms with Gasteiger partial charge in [0, 0.05) is 15.1 Å². The van der Waals surface area contributed by atoms with E-state index in [1.165, 1.54) is 6.07 Å². The molecule has 2 aromatic carbocycles. The SMILES string of the molecule is O=C(COc1ccc(Br)cc1)NNC(=O)c1cccc(Cl)c1. The van der Waals surface area contributed by atoms with Gasteiger partial charge in [-0.1, -0.05) is 33.6 Å². The van der Waals surface area contributed by atoms with Crippen molar-refractivity contribution in [3.05, 3.63) is 63.6 Å². The van der Waals surface area contributed by atoms with Crippen LogP contribution in [0.4, 0.5) is 0 Å². The van der Waals surface area contributed by atoms with Crippen LogP contribution in [0.3, 0.4) is 0 Å². The van der Waals surface area contributed by atoms with Crippen molar-refractivity contribution in [2.45, 2.75) is 0 Å². The lowest BCUT2D eigenvalue weighted by Gasteiger charge is -2.09. The maximum atomic E-state index is 11.8. The fourth-order valence-electron chi connectivity index (χ4n) is 1.54. The number of halogens is 2. The van der Waals surface area contributed by atoms with Crippen LogP contribution in [0, 0.1) is 0 Å². The minimum atomic E-state index is -0.474. The summed E-state index contributed by atoms with van der Waals surface area (Å²) in [5.41, 5.74) is 4.90. The topological polar surface area (TPSA) is 67.4 Å². The van der Waals surface area contributed by atoms with Crippen LogP contribution >= 0.6 is 27.5 Å². The molecule has 0 aliphatic carbocycles. The highest BCUT2D eigenvalue weighted by Crippen LogP contribution is 2.15. The van der Waals surface area contributed by atoms with Gasteiger partial charge in [0.05, 0.1) is 0 Å². The summed E-state index contributed by atoms with van der Waals surface area (Å²) in [7, 11) is 0. The second kappa shape index (κ2) is 7.82. The molecular weight excluding hydrogens is 372 g/mol. The molecule has 22 heavy (non-hydrogen) atoms. The highest BCUT2D eigenvalue weighted by atomic mass is 79.9. The second-order valence-corrected chi connectivity index (χ2v) is 5.61. The first-order valence-electron chi connectivity index (χ1n) is 6.28. The van der Waals surface area contributed by atoms with Gasteiger partial charge in [-0.3, -0.25) is 20.4 Å². The smallest absolute Gasteiger partial charge is 0.276 e. The first-order valence-corrected chi connectivity index (χ1v) is 7.45. The fraction of sp³-hybridized carbons (Fsp3) is 0.0667. The van der Waals surface area contributed by atoms with Crippen molar-refractivity contribution < 1.29 is 14.3 Å². The third-order valence-corrected chi connectivity index (χ3v) is 3.35. The third kappa shape index (κ3) is 5.05. The molecule has 0 aliphatic rings. The van der Waals surface area contributed by atoms with Crippen LogP contribution in [0.2, 0.25) is 5.02 Å². The zero-order chi connectivity index (χ0) is 15.9. The summed E-state index contributed by atoms with van der Waals surface area (Å²) in [5.74, 6) is -0.377. The van der Waals surface area contributed by atoms with Crippen LogP contribution in [0.5, 0.6) is 5.75 Å². The maximum Gasteiger partial charge on any atom is 0.276 e. The van der Waals surface area contributed by atoms with Gasteiger partial charge in [-0.2, -0.15) is 0 Å². The van der Waals surface area contributed by atoms with E-state index in [2.05, 4.69) is 26.8 Å². The van der Waals surface area contributed by atoms with E-state index < -0.39 is 11.8 Å². The predicted octanol–water partition coefficient (Wildman–Crippen LogP) is 2.94. The summed E-state index contributed by atoms with van der Waals surface area (Å²) < 4.78 is 6.19. The van der Waals surface area contributed by atoms with Gasteiger partial charge in [0.2, 0.25) is 0 Å². The summed E-state index contributed by atoms with van der Waals surface area (Å²) in [6.45, 7) is -0.211. The van der Waals surface area contributed by atoms with E-state index in [4.69, 9.17) is 16.3 Å². The number of ether oxygens (including phenoxy) is 1. The first kappa shape index (κ1) is 16.3. The summed E-state index contributed by atoms with van der Waals surface area (Å²) in [6.07, 6.45) is 0. The zero-order valence-corrected chi connectivity index (χ0v) is 13.6. The monoisotopic (exact) mass is 382 g/mol. The van der Waals surface area contributed by atoms with Crippen molar-refractivity contribution in [2.24, 2.45) is 0 Å². The fourth-order valence-corrected chi connectivity index (χ4v) is 2.00. The third-order valence-electron chi connectivity index (χ3n) is 2.59. The molecule has 2 amide bonds. The Labute approximate surface area is 140 Å². The Hall–Kier alpha value is -2.05. The molecule has 0 saturated carbocycles.